The minimum absolute atomic E-state index is 0.0988. The van der Waals surface area contributed by atoms with Gasteiger partial charge in [-0.3, -0.25) is 14.5 Å². The van der Waals surface area contributed by atoms with E-state index in [1.54, 1.807) is 4.90 Å². The molecule has 122 valence electrons. The Kier molecular flexibility index (Phi) is 4.36. The highest BCUT2D eigenvalue weighted by Crippen LogP contribution is 2.33. The van der Waals surface area contributed by atoms with Gasteiger partial charge < -0.3 is 10.2 Å². The summed E-state index contributed by atoms with van der Waals surface area (Å²) in [6, 6.07) is -0.393. The molecule has 1 saturated carbocycles. The number of hydrogen-bond acceptors (Lipinski definition) is 3. The zero-order chi connectivity index (χ0) is 15.6. The lowest BCUT2D eigenvalue weighted by Gasteiger charge is -2.30. The monoisotopic (exact) mass is 307 g/mol. The first kappa shape index (κ1) is 15.3. The summed E-state index contributed by atoms with van der Waals surface area (Å²) in [5.41, 5.74) is -0.728. The summed E-state index contributed by atoms with van der Waals surface area (Å²) in [4.78, 5) is 40.2. The Labute approximate surface area is 131 Å². The number of amides is 4. The third kappa shape index (κ3) is 2.83. The van der Waals surface area contributed by atoms with Crippen molar-refractivity contribution in [3.8, 4) is 0 Å². The Hall–Kier alpha value is -1.59. The molecule has 0 atom stereocenters. The largest absolute Gasteiger partial charge is 0.341 e. The van der Waals surface area contributed by atoms with Crippen LogP contribution in [0, 0.1) is 0 Å². The summed E-state index contributed by atoms with van der Waals surface area (Å²) in [5, 5.41) is 2.86. The van der Waals surface area contributed by atoms with Gasteiger partial charge in [-0.25, -0.2) is 4.79 Å². The fourth-order valence-electron chi connectivity index (χ4n) is 3.87. The maximum Gasteiger partial charge on any atom is 0.325 e. The molecule has 0 bridgehead atoms. The van der Waals surface area contributed by atoms with E-state index >= 15 is 0 Å². The zero-order valence-corrected chi connectivity index (χ0v) is 13.1. The maximum absolute atomic E-state index is 12.7. The molecule has 6 nitrogen and oxygen atoms in total. The van der Waals surface area contributed by atoms with E-state index in [-0.39, 0.29) is 18.4 Å². The van der Waals surface area contributed by atoms with Crippen molar-refractivity contribution in [1.82, 2.24) is 15.1 Å². The Morgan fingerprint density at radius 1 is 0.955 bits per heavy atom. The van der Waals surface area contributed by atoms with E-state index in [0.29, 0.717) is 12.8 Å². The first-order chi connectivity index (χ1) is 10.6. The molecule has 0 unspecified atom stereocenters. The number of imide groups is 1. The molecule has 1 N–H and O–H groups in total. The van der Waals surface area contributed by atoms with Gasteiger partial charge in [0.05, 0.1) is 0 Å². The number of rotatable bonds is 2. The first-order valence-electron chi connectivity index (χ1n) is 8.54. The quantitative estimate of drug-likeness (QED) is 0.789. The van der Waals surface area contributed by atoms with Crippen LogP contribution in [0.15, 0.2) is 0 Å². The molecule has 22 heavy (non-hydrogen) atoms. The molecule has 6 heteroatoms. The average molecular weight is 307 g/mol. The van der Waals surface area contributed by atoms with E-state index in [9.17, 15) is 14.4 Å². The highest BCUT2D eigenvalue weighted by atomic mass is 16.2. The number of carbonyl (C=O) groups is 3. The number of nitrogens with one attached hydrogen (secondary N) is 1. The van der Waals surface area contributed by atoms with Crippen LogP contribution in [0.5, 0.6) is 0 Å². The van der Waals surface area contributed by atoms with Crippen LogP contribution in [0.1, 0.15) is 57.8 Å². The van der Waals surface area contributed by atoms with E-state index < -0.39 is 11.6 Å². The van der Waals surface area contributed by atoms with Crippen molar-refractivity contribution in [2.75, 3.05) is 19.6 Å². The molecular weight excluding hydrogens is 282 g/mol. The van der Waals surface area contributed by atoms with Crippen LogP contribution in [-0.4, -0.2) is 52.8 Å². The van der Waals surface area contributed by atoms with Crippen molar-refractivity contribution in [1.29, 1.82) is 0 Å². The van der Waals surface area contributed by atoms with E-state index in [0.717, 1.165) is 62.9 Å². The van der Waals surface area contributed by atoms with Crippen molar-refractivity contribution in [3.05, 3.63) is 0 Å². The van der Waals surface area contributed by atoms with Crippen molar-refractivity contribution in [3.63, 3.8) is 0 Å². The molecule has 3 rings (SSSR count). The van der Waals surface area contributed by atoms with E-state index in [1.165, 1.54) is 0 Å². The van der Waals surface area contributed by atoms with Crippen molar-refractivity contribution in [2.24, 2.45) is 0 Å². The predicted molar refractivity (Wildman–Crippen MR) is 81.1 cm³/mol. The van der Waals surface area contributed by atoms with Gasteiger partial charge in [-0.1, -0.05) is 32.1 Å². The van der Waals surface area contributed by atoms with Gasteiger partial charge in [0, 0.05) is 13.1 Å². The van der Waals surface area contributed by atoms with Gasteiger partial charge in [0.25, 0.3) is 5.91 Å². The van der Waals surface area contributed by atoms with E-state index in [4.69, 9.17) is 0 Å². The molecule has 0 radical (unpaired) electrons. The Balaban J connectivity index is 1.65. The first-order valence-corrected chi connectivity index (χ1v) is 8.54. The van der Waals surface area contributed by atoms with Crippen LogP contribution in [0.3, 0.4) is 0 Å². The molecular formula is C16H25N3O3. The minimum Gasteiger partial charge on any atom is -0.341 e. The van der Waals surface area contributed by atoms with Crippen molar-refractivity contribution < 1.29 is 14.4 Å². The summed E-state index contributed by atoms with van der Waals surface area (Å²) < 4.78 is 0. The normalized spacial score (nSPS) is 25.3. The van der Waals surface area contributed by atoms with Crippen molar-refractivity contribution >= 4 is 17.8 Å². The second-order valence-electron chi connectivity index (χ2n) is 6.76. The second-order valence-corrected chi connectivity index (χ2v) is 6.76. The lowest BCUT2D eigenvalue weighted by Crippen LogP contribution is -2.49. The van der Waals surface area contributed by atoms with Crippen LogP contribution >= 0.6 is 0 Å². The number of urea groups is 1. The molecule has 1 aliphatic carbocycles. The third-order valence-electron chi connectivity index (χ3n) is 5.21. The standard InChI is InChI=1S/C16H25N3O3/c20-13(18-10-6-1-2-7-11-18)12-19-14(21)16(17-15(19)22)8-4-3-5-9-16/h1-12H2,(H,17,22). The van der Waals surface area contributed by atoms with Crippen LogP contribution in [0.4, 0.5) is 4.79 Å². The number of hydrogen-bond donors (Lipinski definition) is 1. The van der Waals surface area contributed by atoms with E-state index in [1.807, 2.05) is 0 Å². The highest BCUT2D eigenvalue weighted by molar-refractivity contribution is 6.09. The van der Waals surface area contributed by atoms with Crippen LogP contribution in [0.2, 0.25) is 0 Å². The SMILES string of the molecule is O=C(CN1C(=O)NC2(CCCCC2)C1=O)N1CCCCCC1. The van der Waals surface area contributed by atoms with Gasteiger partial charge in [0.15, 0.2) is 0 Å². The molecule has 0 aromatic carbocycles. The third-order valence-corrected chi connectivity index (χ3v) is 5.21. The van der Waals surface area contributed by atoms with Gasteiger partial charge in [-0.2, -0.15) is 0 Å². The number of nitrogens with zero attached hydrogens (tertiary/aromatic N) is 2. The molecule has 0 aromatic rings. The van der Waals surface area contributed by atoms with Gasteiger partial charge >= 0.3 is 6.03 Å². The molecule has 2 aliphatic heterocycles. The smallest absolute Gasteiger partial charge is 0.325 e. The van der Waals surface area contributed by atoms with Gasteiger partial charge in [0.1, 0.15) is 12.1 Å². The molecule has 2 saturated heterocycles. The predicted octanol–water partition coefficient (Wildman–Crippen LogP) is 1.64. The maximum atomic E-state index is 12.7. The summed E-state index contributed by atoms with van der Waals surface area (Å²) in [7, 11) is 0. The highest BCUT2D eigenvalue weighted by Gasteiger charge is 2.51. The molecule has 3 aliphatic rings. The number of carbonyl (C=O) groups excluding carboxylic acids is 3. The van der Waals surface area contributed by atoms with Crippen LogP contribution < -0.4 is 5.32 Å². The fraction of sp³-hybridized carbons (Fsp3) is 0.812. The van der Waals surface area contributed by atoms with Gasteiger partial charge in [-0.05, 0) is 25.7 Å². The summed E-state index contributed by atoms with van der Waals surface area (Å²) in [5.74, 6) is -0.293. The van der Waals surface area contributed by atoms with E-state index in [2.05, 4.69) is 5.32 Å². The van der Waals surface area contributed by atoms with Gasteiger partial charge in [0.2, 0.25) is 5.91 Å². The molecule has 4 amide bonds. The Morgan fingerprint density at radius 2 is 1.55 bits per heavy atom. The lowest BCUT2D eigenvalue weighted by molar-refractivity contribution is -0.139. The zero-order valence-electron chi connectivity index (χ0n) is 13.1. The lowest BCUT2D eigenvalue weighted by atomic mass is 9.82. The van der Waals surface area contributed by atoms with Crippen LogP contribution in [0.25, 0.3) is 0 Å². The summed E-state index contributed by atoms with van der Waals surface area (Å²) in [6.45, 7) is 1.38. The Morgan fingerprint density at radius 3 is 2.18 bits per heavy atom. The Bertz CT molecular complexity index is 463. The summed E-state index contributed by atoms with van der Waals surface area (Å²) in [6.07, 6.45) is 8.74. The van der Waals surface area contributed by atoms with Crippen LogP contribution in [-0.2, 0) is 9.59 Å². The molecule has 2 heterocycles. The molecule has 1 spiro atoms. The van der Waals surface area contributed by atoms with Gasteiger partial charge in [-0.15, -0.1) is 0 Å². The summed E-state index contributed by atoms with van der Waals surface area (Å²) >= 11 is 0. The van der Waals surface area contributed by atoms with Crippen molar-refractivity contribution in [2.45, 2.75) is 63.3 Å². The second kappa shape index (κ2) is 6.26. The average Bonchev–Trinajstić information content (AvgIpc) is 2.74. The number of likely N-dealkylation sites (tertiary alicyclic amines) is 1. The molecule has 0 aromatic heterocycles. The molecule has 3 fully saturated rings. The fourth-order valence-corrected chi connectivity index (χ4v) is 3.87. The topological polar surface area (TPSA) is 69.7 Å². The minimum atomic E-state index is -0.728.